The highest BCUT2D eigenvalue weighted by Crippen LogP contribution is 2.44. The fraction of sp³-hybridized carbons (Fsp3) is 0.600. The molecule has 0 N–H and O–H groups in total. The molecule has 2 aromatic rings. The molecule has 2 saturated heterocycles. The monoisotopic (exact) mass is 505 g/mol. The highest BCUT2D eigenvalue weighted by Gasteiger charge is 2.43. The molecule has 4 rings (SSSR count). The summed E-state index contributed by atoms with van der Waals surface area (Å²) in [6.07, 6.45) is 4.84. The Balaban J connectivity index is 1.27. The Hall–Kier alpha value is -1.66. The molecule has 0 unspecified atom stereocenters. The lowest BCUT2D eigenvalue weighted by Gasteiger charge is -2.36. The average molecular weight is 506 g/mol. The Labute approximate surface area is 212 Å². The van der Waals surface area contributed by atoms with E-state index in [0.717, 1.165) is 51.1 Å². The van der Waals surface area contributed by atoms with Crippen molar-refractivity contribution < 1.29 is 9.47 Å². The summed E-state index contributed by atoms with van der Waals surface area (Å²) >= 11 is 12.7. The summed E-state index contributed by atoms with van der Waals surface area (Å²) in [5, 5.41) is 5.46. The van der Waals surface area contributed by atoms with E-state index in [1.807, 2.05) is 12.1 Å². The van der Waals surface area contributed by atoms with Crippen molar-refractivity contribution in [1.82, 2.24) is 24.6 Å². The van der Waals surface area contributed by atoms with Gasteiger partial charge in [-0.15, -0.1) is 0 Å². The van der Waals surface area contributed by atoms with Gasteiger partial charge in [0.05, 0.1) is 25.8 Å². The van der Waals surface area contributed by atoms with E-state index in [1.165, 1.54) is 6.33 Å². The van der Waals surface area contributed by atoms with Crippen LogP contribution in [0, 0.1) is 11.8 Å². The molecule has 1 aromatic heterocycles. The molecule has 2 aliphatic heterocycles. The Kier molecular flexibility index (Phi) is 8.86. The summed E-state index contributed by atoms with van der Waals surface area (Å²) in [5.41, 5.74) is 0.307. The minimum absolute atomic E-state index is 0.0406. The molecule has 1 aromatic carbocycles. The van der Waals surface area contributed by atoms with Crippen LogP contribution >= 0.6 is 23.2 Å². The summed E-state index contributed by atoms with van der Waals surface area (Å²) in [4.78, 5) is 8.98. The Morgan fingerprint density at radius 1 is 1.21 bits per heavy atom. The third-order valence-electron chi connectivity index (χ3n) is 6.61. The summed E-state index contributed by atoms with van der Waals surface area (Å²) in [7, 11) is 0. The number of hydrogen-bond acceptors (Lipinski definition) is 6. The van der Waals surface area contributed by atoms with E-state index in [-0.39, 0.29) is 6.10 Å². The van der Waals surface area contributed by atoms with Gasteiger partial charge in [0, 0.05) is 47.8 Å². The van der Waals surface area contributed by atoms with Crippen molar-refractivity contribution in [2.45, 2.75) is 51.0 Å². The van der Waals surface area contributed by atoms with E-state index in [9.17, 15) is 0 Å². The minimum Gasteiger partial charge on any atom is -0.366 e. The second-order valence-corrected chi connectivity index (χ2v) is 10.1. The molecule has 0 aliphatic carbocycles. The van der Waals surface area contributed by atoms with Crippen LogP contribution in [0.15, 0.2) is 30.9 Å². The van der Waals surface area contributed by atoms with Crippen LogP contribution in [-0.4, -0.2) is 82.6 Å². The predicted molar refractivity (Wildman–Crippen MR) is 134 cm³/mol. The topological polar surface area (TPSA) is 55.7 Å². The first-order valence-corrected chi connectivity index (χ1v) is 12.7. The maximum absolute atomic E-state index is 6.57. The van der Waals surface area contributed by atoms with Gasteiger partial charge in [-0.3, -0.25) is 9.80 Å². The Bertz CT molecular complexity index is 983. The largest absolute Gasteiger partial charge is 0.366 e. The zero-order chi connectivity index (χ0) is 24.0. The molecule has 0 amide bonds. The summed E-state index contributed by atoms with van der Waals surface area (Å²) in [6, 6.07) is 6.16. The number of nitrogens with zero attached hydrogens (tertiary/aromatic N) is 5. The quantitative estimate of drug-likeness (QED) is 0.402. The second-order valence-electron chi connectivity index (χ2n) is 9.26. The zero-order valence-electron chi connectivity index (χ0n) is 19.9. The summed E-state index contributed by atoms with van der Waals surface area (Å²) in [5.74, 6) is 6.41. The van der Waals surface area contributed by atoms with Crippen molar-refractivity contribution in [2.24, 2.45) is 0 Å². The van der Waals surface area contributed by atoms with Gasteiger partial charge in [0.25, 0.3) is 0 Å². The predicted octanol–water partition coefficient (Wildman–Crippen LogP) is 3.71. The molecule has 34 heavy (non-hydrogen) atoms. The maximum atomic E-state index is 6.57. The minimum atomic E-state index is -0.604. The van der Waals surface area contributed by atoms with Crippen molar-refractivity contribution in [2.75, 3.05) is 45.9 Å². The van der Waals surface area contributed by atoms with Gasteiger partial charge in [0.1, 0.15) is 24.9 Å². The van der Waals surface area contributed by atoms with Gasteiger partial charge in [-0.2, -0.15) is 5.10 Å². The molecule has 0 bridgehead atoms. The molecule has 2 aliphatic rings. The van der Waals surface area contributed by atoms with Crippen molar-refractivity contribution in [3.8, 4) is 11.8 Å². The number of rotatable bonds is 8. The first-order chi connectivity index (χ1) is 16.4. The van der Waals surface area contributed by atoms with E-state index in [0.29, 0.717) is 35.8 Å². The Morgan fingerprint density at radius 3 is 2.74 bits per heavy atom. The van der Waals surface area contributed by atoms with E-state index >= 15 is 0 Å². The van der Waals surface area contributed by atoms with E-state index in [1.54, 1.807) is 17.1 Å². The molecule has 184 valence electrons. The van der Waals surface area contributed by atoms with Gasteiger partial charge >= 0.3 is 0 Å². The SMILES string of the molecule is CC(C)N1CCN(CC#CCOC[C@H]2CC[C@](Cn3cncn3)(c3ccc(Cl)cc3Cl)O2)CC1. The van der Waals surface area contributed by atoms with Gasteiger partial charge in [0.15, 0.2) is 0 Å². The number of hydrogen-bond donors (Lipinski definition) is 0. The van der Waals surface area contributed by atoms with Crippen LogP contribution in [0.25, 0.3) is 0 Å². The fourth-order valence-electron chi connectivity index (χ4n) is 4.68. The lowest BCUT2D eigenvalue weighted by atomic mass is 9.90. The first kappa shape index (κ1) is 25.4. The lowest BCUT2D eigenvalue weighted by Crippen LogP contribution is -2.48. The van der Waals surface area contributed by atoms with Crippen LogP contribution in [0.2, 0.25) is 10.0 Å². The normalized spacial score (nSPS) is 23.9. The van der Waals surface area contributed by atoms with Crippen LogP contribution in [0.1, 0.15) is 32.3 Å². The second kappa shape index (κ2) is 11.9. The standard InChI is InChI=1S/C25H33Cl2N5O2/c1-20(2)31-12-10-30(11-13-31)9-3-4-14-33-16-22-7-8-25(34-22,17-32-19-28-18-29-32)23-6-5-21(26)15-24(23)27/h5-6,15,18-20,22H,7-14,16-17H2,1-2H3/t22-,25+/m1/s1. The highest BCUT2D eigenvalue weighted by molar-refractivity contribution is 6.35. The van der Waals surface area contributed by atoms with Gasteiger partial charge in [0.2, 0.25) is 0 Å². The molecular weight excluding hydrogens is 473 g/mol. The van der Waals surface area contributed by atoms with Crippen LogP contribution in [0.4, 0.5) is 0 Å². The smallest absolute Gasteiger partial charge is 0.137 e. The van der Waals surface area contributed by atoms with Crippen LogP contribution in [0.5, 0.6) is 0 Å². The van der Waals surface area contributed by atoms with Gasteiger partial charge in [-0.1, -0.05) is 41.1 Å². The summed E-state index contributed by atoms with van der Waals surface area (Å²) in [6.45, 7) is 11.1. The van der Waals surface area contributed by atoms with Gasteiger partial charge < -0.3 is 9.47 Å². The molecule has 0 saturated carbocycles. The van der Waals surface area contributed by atoms with Crippen LogP contribution < -0.4 is 0 Å². The third kappa shape index (κ3) is 6.51. The summed E-state index contributed by atoms with van der Waals surface area (Å²) < 4.78 is 14.2. The maximum Gasteiger partial charge on any atom is 0.137 e. The van der Waals surface area contributed by atoms with E-state index in [2.05, 4.69) is 45.6 Å². The van der Waals surface area contributed by atoms with Crippen LogP contribution in [-0.2, 0) is 21.6 Å². The molecule has 0 radical (unpaired) electrons. The van der Waals surface area contributed by atoms with Crippen molar-refractivity contribution >= 4 is 23.2 Å². The van der Waals surface area contributed by atoms with E-state index < -0.39 is 5.60 Å². The van der Waals surface area contributed by atoms with Gasteiger partial charge in [-0.25, -0.2) is 9.67 Å². The van der Waals surface area contributed by atoms with Crippen molar-refractivity contribution in [3.63, 3.8) is 0 Å². The molecule has 2 fully saturated rings. The van der Waals surface area contributed by atoms with E-state index in [4.69, 9.17) is 32.7 Å². The Morgan fingerprint density at radius 2 is 2.03 bits per heavy atom. The number of aromatic nitrogens is 3. The molecule has 2 atom stereocenters. The van der Waals surface area contributed by atoms with Crippen LogP contribution in [0.3, 0.4) is 0 Å². The lowest BCUT2D eigenvalue weighted by molar-refractivity contribution is -0.0826. The molecular formula is C25H33Cl2N5O2. The molecule has 7 nitrogen and oxygen atoms in total. The highest BCUT2D eigenvalue weighted by atomic mass is 35.5. The number of piperazine rings is 1. The first-order valence-electron chi connectivity index (χ1n) is 11.9. The molecule has 0 spiro atoms. The van der Waals surface area contributed by atoms with Crippen molar-refractivity contribution in [1.29, 1.82) is 0 Å². The van der Waals surface area contributed by atoms with Gasteiger partial charge in [-0.05, 0) is 38.8 Å². The number of benzene rings is 1. The zero-order valence-corrected chi connectivity index (χ0v) is 21.4. The third-order valence-corrected chi connectivity index (χ3v) is 7.16. The fourth-order valence-corrected chi connectivity index (χ4v) is 5.26. The number of ether oxygens (including phenoxy) is 2. The average Bonchev–Trinajstić information content (AvgIpc) is 3.47. The number of halogens is 2. The molecule has 3 heterocycles. The molecule has 9 heteroatoms. The van der Waals surface area contributed by atoms with Crippen molar-refractivity contribution in [3.05, 3.63) is 46.5 Å².